The van der Waals surface area contributed by atoms with Gasteiger partial charge in [0.15, 0.2) is 0 Å². The maximum absolute atomic E-state index is 11.0. The van der Waals surface area contributed by atoms with E-state index in [2.05, 4.69) is 27.3 Å². The van der Waals surface area contributed by atoms with Crippen molar-refractivity contribution in [2.45, 2.75) is 25.9 Å². The van der Waals surface area contributed by atoms with E-state index in [0.717, 1.165) is 11.0 Å². The van der Waals surface area contributed by atoms with Crippen LogP contribution in [0.15, 0.2) is 15.9 Å². The van der Waals surface area contributed by atoms with E-state index in [4.69, 9.17) is 0 Å². The normalized spacial score (nSPS) is 13.9. The molecule has 3 nitrogen and oxygen atoms in total. The quantitative estimate of drug-likeness (QED) is 0.873. The topological polar surface area (TPSA) is 46.2 Å². The summed E-state index contributed by atoms with van der Waals surface area (Å²) in [7, 11) is -2.84. The lowest BCUT2D eigenvalue weighted by atomic mass is 10.2. The van der Waals surface area contributed by atoms with Gasteiger partial charge in [-0.15, -0.1) is 11.3 Å². The SMILES string of the molecule is CC(CCS(C)(=O)=O)NCc1cc(Br)cs1. The molecule has 0 aliphatic heterocycles. The molecule has 92 valence electrons. The van der Waals surface area contributed by atoms with E-state index >= 15 is 0 Å². The first-order chi connectivity index (χ1) is 7.37. The van der Waals surface area contributed by atoms with Crippen LogP contribution in [0.4, 0.5) is 0 Å². The van der Waals surface area contributed by atoms with Gasteiger partial charge < -0.3 is 5.32 Å². The lowest BCUT2D eigenvalue weighted by Crippen LogP contribution is -2.27. The molecule has 0 amide bonds. The third kappa shape index (κ3) is 5.98. The van der Waals surface area contributed by atoms with Gasteiger partial charge in [-0.1, -0.05) is 0 Å². The fourth-order valence-electron chi connectivity index (χ4n) is 1.21. The van der Waals surface area contributed by atoms with Gasteiger partial charge in [0.25, 0.3) is 0 Å². The molecule has 1 N–H and O–H groups in total. The molecule has 0 fully saturated rings. The molecule has 1 aromatic heterocycles. The summed E-state index contributed by atoms with van der Waals surface area (Å²) in [4.78, 5) is 1.25. The van der Waals surface area contributed by atoms with Gasteiger partial charge in [0.1, 0.15) is 9.84 Å². The van der Waals surface area contributed by atoms with Crippen molar-refractivity contribution in [1.29, 1.82) is 0 Å². The van der Waals surface area contributed by atoms with E-state index in [9.17, 15) is 8.42 Å². The molecule has 0 aromatic carbocycles. The molecule has 1 unspecified atom stereocenters. The van der Waals surface area contributed by atoms with Gasteiger partial charge in [0.05, 0.1) is 5.75 Å². The first kappa shape index (κ1) is 14.2. The molecule has 1 aromatic rings. The Bertz CT molecular complexity index is 428. The number of nitrogens with one attached hydrogen (secondary N) is 1. The number of sulfone groups is 1. The average molecular weight is 326 g/mol. The molecule has 0 spiro atoms. The van der Waals surface area contributed by atoms with Crippen LogP contribution in [0.2, 0.25) is 0 Å². The van der Waals surface area contributed by atoms with Crippen LogP contribution in [-0.4, -0.2) is 26.5 Å². The van der Waals surface area contributed by atoms with E-state index in [1.165, 1.54) is 11.1 Å². The minimum absolute atomic E-state index is 0.218. The highest BCUT2D eigenvalue weighted by atomic mass is 79.9. The Hall–Kier alpha value is 0.0900. The zero-order valence-electron chi connectivity index (χ0n) is 9.36. The van der Waals surface area contributed by atoms with Gasteiger partial charge in [-0.2, -0.15) is 0 Å². The van der Waals surface area contributed by atoms with E-state index in [1.807, 2.05) is 12.3 Å². The summed E-state index contributed by atoms with van der Waals surface area (Å²) in [5.41, 5.74) is 0. The highest BCUT2D eigenvalue weighted by molar-refractivity contribution is 9.10. The zero-order valence-corrected chi connectivity index (χ0v) is 12.6. The Balaban J connectivity index is 2.28. The molecule has 1 rings (SSSR count). The molecule has 0 bridgehead atoms. The van der Waals surface area contributed by atoms with Gasteiger partial charge in [0, 0.05) is 33.6 Å². The maximum atomic E-state index is 11.0. The Labute approximate surface area is 109 Å². The van der Waals surface area contributed by atoms with Crippen LogP contribution < -0.4 is 5.32 Å². The molecular formula is C10H16BrNO2S2. The van der Waals surface area contributed by atoms with Crippen molar-refractivity contribution >= 4 is 37.1 Å². The number of hydrogen-bond donors (Lipinski definition) is 1. The smallest absolute Gasteiger partial charge is 0.147 e. The third-order valence-corrected chi connectivity index (χ3v) is 4.84. The lowest BCUT2D eigenvalue weighted by Gasteiger charge is -2.11. The van der Waals surface area contributed by atoms with Crippen molar-refractivity contribution in [3.63, 3.8) is 0 Å². The minimum atomic E-state index is -2.84. The first-order valence-corrected chi connectivity index (χ1v) is 8.74. The molecule has 0 radical (unpaired) electrons. The second kappa shape index (κ2) is 6.14. The summed E-state index contributed by atoms with van der Waals surface area (Å²) in [6.07, 6.45) is 1.93. The maximum Gasteiger partial charge on any atom is 0.147 e. The van der Waals surface area contributed by atoms with E-state index in [0.29, 0.717) is 6.42 Å². The van der Waals surface area contributed by atoms with Crippen LogP contribution in [-0.2, 0) is 16.4 Å². The number of thiophene rings is 1. The predicted molar refractivity (Wildman–Crippen MR) is 72.6 cm³/mol. The summed E-state index contributed by atoms with van der Waals surface area (Å²) < 4.78 is 23.1. The number of halogens is 1. The monoisotopic (exact) mass is 325 g/mol. The average Bonchev–Trinajstić information content (AvgIpc) is 2.57. The molecule has 1 heterocycles. The van der Waals surface area contributed by atoms with Crippen molar-refractivity contribution in [2.24, 2.45) is 0 Å². The van der Waals surface area contributed by atoms with Crippen LogP contribution in [0.5, 0.6) is 0 Å². The van der Waals surface area contributed by atoms with Gasteiger partial charge in [-0.3, -0.25) is 0 Å². The van der Waals surface area contributed by atoms with Crippen molar-refractivity contribution in [3.8, 4) is 0 Å². The molecule has 0 saturated carbocycles. The number of hydrogen-bond acceptors (Lipinski definition) is 4. The van der Waals surface area contributed by atoms with Gasteiger partial charge in [-0.25, -0.2) is 8.42 Å². The lowest BCUT2D eigenvalue weighted by molar-refractivity contribution is 0.530. The molecule has 0 aliphatic carbocycles. The van der Waals surface area contributed by atoms with Crippen LogP contribution >= 0.6 is 27.3 Å². The summed E-state index contributed by atoms with van der Waals surface area (Å²) >= 11 is 5.09. The van der Waals surface area contributed by atoms with Crippen LogP contribution in [0.25, 0.3) is 0 Å². The molecule has 16 heavy (non-hydrogen) atoms. The van der Waals surface area contributed by atoms with Crippen molar-refractivity contribution in [2.75, 3.05) is 12.0 Å². The van der Waals surface area contributed by atoms with Crippen LogP contribution in [0, 0.1) is 0 Å². The fourth-order valence-corrected chi connectivity index (χ4v) is 3.40. The van der Waals surface area contributed by atoms with Crippen molar-refractivity contribution in [3.05, 3.63) is 20.8 Å². The molecular weight excluding hydrogens is 310 g/mol. The summed E-state index contributed by atoms with van der Waals surface area (Å²) in [6, 6.07) is 2.29. The minimum Gasteiger partial charge on any atom is -0.309 e. The molecule has 0 saturated heterocycles. The van der Waals surface area contributed by atoms with Crippen molar-refractivity contribution < 1.29 is 8.42 Å². The van der Waals surface area contributed by atoms with Gasteiger partial charge >= 0.3 is 0 Å². The van der Waals surface area contributed by atoms with E-state index in [-0.39, 0.29) is 11.8 Å². The zero-order chi connectivity index (χ0) is 12.2. The Morgan fingerprint density at radius 2 is 2.25 bits per heavy atom. The Morgan fingerprint density at radius 3 is 2.75 bits per heavy atom. The van der Waals surface area contributed by atoms with E-state index < -0.39 is 9.84 Å². The van der Waals surface area contributed by atoms with Gasteiger partial charge in [0.2, 0.25) is 0 Å². The Kier molecular flexibility index (Phi) is 5.43. The standard InChI is InChI=1S/C10H16BrNO2S2/c1-8(3-4-16(2,13)14)12-6-10-5-9(11)7-15-10/h5,7-8,12H,3-4,6H2,1-2H3. The van der Waals surface area contributed by atoms with Gasteiger partial charge in [-0.05, 0) is 35.3 Å². The number of rotatable bonds is 6. The first-order valence-electron chi connectivity index (χ1n) is 5.01. The highest BCUT2D eigenvalue weighted by Crippen LogP contribution is 2.19. The Morgan fingerprint density at radius 1 is 1.56 bits per heavy atom. The summed E-state index contributed by atoms with van der Waals surface area (Å²) in [5, 5.41) is 5.35. The summed E-state index contributed by atoms with van der Waals surface area (Å²) in [6.45, 7) is 2.80. The fraction of sp³-hybridized carbons (Fsp3) is 0.600. The second-order valence-corrected chi connectivity index (χ2v) is 8.10. The predicted octanol–water partition coefficient (Wildman–Crippen LogP) is 2.42. The molecule has 1 atom stereocenters. The highest BCUT2D eigenvalue weighted by Gasteiger charge is 2.07. The van der Waals surface area contributed by atoms with Crippen molar-refractivity contribution in [1.82, 2.24) is 5.32 Å². The van der Waals surface area contributed by atoms with Crippen LogP contribution in [0.3, 0.4) is 0 Å². The molecule has 0 aliphatic rings. The van der Waals surface area contributed by atoms with E-state index in [1.54, 1.807) is 11.3 Å². The third-order valence-electron chi connectivity index (χ3n) is 2.17. The molecule has 6 heteroatoms. The summed E-state index contributed by atoms with van der Waals surface area (Å²) in [5.74, 6) is 0.245. The largest absolute Gasteiger partial charge is 0.309 e. The van der Waals surface area contributed by atoms with Crippen LogP contribution in [0.1, 0.15) is 18.2 Å². The second-order valence-electron chi connectivity index (χ2n) is 3.93.